The van der Waals surface area contributed by atoms with Crippen LogP contribution in [0.1, 0.15) is 19.3 Å². The van der Waals surface area contributed by atoms with Gasteiger partial charge >= 0.3 is 5.76 Å². The molecule has 2 aliphatic rings. The Kier molecular flexibility index (Phi) is 3.76. The van der Waals surface area contributed by atoms with Gasteiger partial charge < -0.3 is 9.15 Å². The molecule has 2 aromatic rings. The lowest BCUT2D eigenvalue weighted by molar-refractivity contribution is 0.162. The zero-order valence-corrected chi connectivity index (χ0v) is 12.7. The molecule has 1 aliphatic carbocycles. The van der Waals surface area contributed by atoms with Gasteiger partial charge in [0.25, 0.3) is 0 Å². The van der Waals surface area contributed by atoms with Gasteiger partial charge in [-0.25, -0.2) is 4.79 Å². The average molecular weight is 302 g/mol. The summed E-state index contributed by atoms with van der Waals surface area (Å²) in [5.74, 6) is 0.402. The van der Waals surface area contributed by atoms with Gasteiger partial charge in [0, 0.05) is 32.3 Å². The Morgan fingerprint density at radius 2 is 2.09 bits per heavy atom. The second kappa shape index (κ2) is 5.89. The van der Waals surface area contributed by atoms with E-state index in [-0.39, 0.29) is 5.76 Å². The number of para-hydroxylation sites is 2. The van der Waals surface area contributed by atoms with E-state index in [1.807, 2.05) is 24.3 Å². The van der Waals surface area contributed by atoms with Gasteiger partial charge in [0.2, 0.25) is 0 Å². The molecule has 1 saturated heterocycles. The Hall–Kier alpha value is -1.59. The van der Waals surface area contributed by atoms with Crippen LogP contribution in [0.15, 0.2) is 33.5 Å². The van der Waals surface area contributed by atoms with E-state index in [9.17, 15) is 4.79 Å². The number of fused-ring (bicyclic) bond motifs is 1. The molecule has 5 nitrogen and oxygen atoms in total. The number of benzene rings is 1. The molecule has 22 heavy (non-hydrogen) atoms. The van der Waals surface area contributed by atoms with E-state index in [1.54, 1.807) is 4.57 Å². The molecule has 2 fully saturated rings. The maximum atomic E-state index is 12.0. The first kappa shape index (κ1) is 14.0. The van der Waals surface area contributed by atoms with Crippen molar-refractivity contribution in [3.63, 3.8) is 0 Å². The summed E-state index contributed by atoms with van der Waals surface area (Å²) in [6.45, 7) is 4.48. The third kappa shape index (κ3) is 2.83. The van der Waals surface area contributed by atoms with E-state index in [0.29, 0.717) is 24.1 Å². The smallest absolute Gasteiger partial charge is 0.408 e. The molecule has 0 radical (unpaired) electrons. The highest BCUT2D eigenvalue weighted by Gasteiger charge is 2.31. The SMILES string of the molecule is O=c1oc2ccccc2n1CCN(C[C@H]1CCOC1)C1CC1. The third-order valence-corrected chi connectivity index (χ3v) is 4.76. The second-order valence-corrected chi connectivity index (χ2v) is 6.44. The van der Waals surface area contributed by atoms with Crippen LogP contribution in [0.3, 0.4) is 0 Å². The highest BCUT2D eigenvalue weighted by molar-refractivity contribution is 5.72. The van der Waals surface area contributed by atoms with Gasteiger partial charge in [0.15, 0.2) is 5.58 Å². The standard InChI is InChI=1S/C17H22N2O3/c20-17-19(15-3-1-2-4-16(15)22-17)9-8-18(14-5-6-14)11-13-7-10-21-12-13/h1-4,13-14H,5-12H2/t13-/m1/s1. The zero-order chi connectivity index (χ0) is 14.9. The van der Waals surface area contributed by atoms with E-state index < -0.39 is 0 Å². The summed E-state index contributed by atoms with van der Waals surface area (Å²) in [5.41, 5.74) is 1.57. The molecule has 1 aromatic heterocycles. The van der Waals surface area contributed by atoms with Crippen molar-refractivity contribution < 1.29 is 9.15 Å². The minimum absolute atomic E-state index is 0.249. The Labute approximate surface area is 129 Å². The normalized spacial score (nSPS) is 22.0. The number of rotatable bonds is 6. The van der Waals surface area contributed by atoms with Crippen LogP contribution in [0.25, 0.3) is 11.1 Å². The Morgan fingerprint density at radius 3 is 2.86 bits per heavy atom. The molecule has 0 N–H and O–H groups in total. The van der Waals surface area contributed by atoms with Crippen molar-refractivity contribution in [1.29, 1.82) is 0 Å². The average Bonchev–Trinajstić information content (AvgIpc) is 3.15. The number of nitrogens with zero attached hydrogens (tertiary/aromatic N) is 2. The van der Waals surface area contributed by atoms with Crippen molar-refractivity contribution >= 4 is 11.1 Å². The highest BCUT2D eigenvalue weighted by atomic mass is 16.5. The Morgan fingerprint density at radius 1 is 1.23 bits per heavy atom. The number of ether oxygens (including phenoxy) is 1. The van der Waals surface area contributed by atoms with Crippen molar-refractivity contribution in [2.24, 2.45) is 5.92 Å². The Balaban J connectivity index is 1.47. The first-order chi connectivity index (χ1) is 10.8. The van der Waals surface area contributed by atoms with Gasteiger partial charge in [-0.05, 0) is 37.3 Å². The molecule has 1 saturated carbocycles. The second-order valence-electron chi connectivity index (χ2n) is 6.44. The Bertz CT molecular complexity index is 695. The lowest BCUT2D eigenvalue weighted by Gasteiger charge is -2.24. The minimum Gasteiger partial charge on any atom is -0.408 e. The summed E-state index contributed by atoms with van der Waals surface area (Å²) in [7, 11) is 0. The molecular weight excluding hydrogens is 280 g/mol. The van der Waals surface area contributed by atoms with Gasteiger partial charge in [-0.15, -0.1) is 0 Å². The van der Waals surface area contributed by atoms with Crippen LogP contribution in [-0.2, 0) is 11.3 Å². The van der Waals surface area contributed by atoms with E-state index in [2.05, 4.69) is 4.90 Å². The molecule has 0 unspecified atom stereocenters. The van der Waals surface area contributed by atoms with Gasteiger partial charge in [-0.3, -0.25) is 9.47 Å². The van der Waals surface area contributed by atoms with Gasteiger partial charge in [0.1, 0.15) is 0 Å². The van der Waals surface area contributed by atoms with Crippen LogP contribution >= 0.6 is 0 Å². The van der Waals surface area contributed by atoms with Gasteiger partial charge in [-0.2, -0.15) is 0 Å². The monoisotopic (exact) mass is 302 g/mol. The van der Waals surface area contributed by atoms with E-state index >= 15 is 0 Å². The summed E-state index contributed by atoms with van der Waals surface area (Å²) in [6, 6.07) is 8.34. The maximum absolute atomic E-state index is 12.0. The van der Waals surface area contributed by atoms with Crippen molar-refractivity contribution in [3.8, 4) is 0 Å². The molecule has 0 amide bonds. The molecule has 5 heteroatoms. The molecule has 118 valence electrons. The lowest BCUT2D eigenvalue weighted by atomic mass is 10.1. The van der Waals surface area contributed by atoms with Crippen LogP contribution in [0.5, 0.6) is 0 Å². The zero-order valence-electron chi connectivity index (χ0n) is 12.7. The maximum Gasteiger partial charge on any atom is 0.419 e. The van der Waals surface area contributed by atoms with Crippen LogP contribution in [-0.4, -0.2) is 41.8 Å². The van der Waals surface area contributed by atoms with Gasteiger partial charge in [-0.1, -0.05) is 12.1 Å². The van der Waals surface area contributed by atoms with E-state index in [4.69, 9.17) is 9.15 Å². The fourth-order valence-electron chi connectivity index (χ4n) is 3.38. The number of oxazole rings is 1. The van der Waals surface area contributed by atoms with Crippen LogP contribution < -0.4 is 5.76 Å². The fraction of sp³-hybridized carbons (Fsp3) is 0.588. The molecule has 1 aliphatic heterocycles. The lowest BCUT2D eigenvalue weighted by Crippen LogP contribution is -2.35. The van der Waals surface area contributed by atoms with Crippen LogP contribution in [0.2, 0.25) is 0 Å². The summed E-state index contributed by atoms with van der Waals surface area (Å²) in [6.07, 6.45) is 3.74. The summed E-state index contributed by atoms with van der Waals surface area (Å²) < 4.78 is 12.6. The molecule has 1 atom stereocenters. The molecule has 4 rings (SSSR count). The molecule has 0 spiro atoms. The summed E-state index contributed by atoms with van der Waals surface area (Å²) >= 11 is 0. The minimum atomic E-state index is -0.249. The van der Waals surface area contributed by atoms with E-state index in [1.165, 1.54) is 12.8 Å². The highest BCUT2D eigenvalue weighted by Crippen LogP contribution is 2.29. The molecule has 0 bridgehead atoms. The summed E-state index contributed by atoms with van der Waals surface area (Å²) in [5, 5.41) is 0. The number of hydrogen-bond acceptors (Lipinski definition) is 4. The van der Waals surface area contributed by atoms with Gasteiger partial charge in [0.05, 0.1) is 12.1 Å². The molecular formula is C17H22N2O3. The summed E-state index contributed by atoms with van der Waals surface area (Å²) in [4.78, 5) is 14.6. The predicted molar refractivity (Wildman–Crippen MR) is 84.0 cm³/mol. The fourth-order valence-corrected chi connectivity index (χ4v) is 3.38. The van der Waals surface area contributed by atoms with Crippen LogP contribution in [0, 0.1) is 5.92 Å². The van der Waals surface area contributed by atoms with Crippen molar-refractivity contribution in [2.75, 3.05) is 26.3 Å². The topological polar surface area (TPSA) is 47.6 Å². The first-order valence-electron chi connectivity index (χ1n) is 8.21. The molecule has 2 heterocycles. The first-order valence-corrected chi connectivity index (χ1v) is 8.21. The third-order valence-electron chi connectivity index (χ3n) is 4.76. The predicted octanol–water partition coefficient (Wildman–Crippen LogP) is 2.10. The van der Waals surface area contributed by atoms with Crippen molar-refractivity contribution in [3.05, 3.63) is 34.8 Å². The largest absolute Gasteiger partial charge is 0.419 e. The molecule has 1 aromatic carbocycles. The van der Waals surface area contributed by atoms with Crippen molar-refractivity contribution in [1.82, 2.24) is 9.47 Å². The van der Waals surface area contributed by atoms with Crippen molar-refractivity contribution in [2.45, 2.75) is 31.8 Å². The van der Waals surface area contributed by atoms with Crippen LogP contribution in [0.4, 0.5) is 0 Å². The van der Waals surface area contributed by atoms with E-state index in [0.717, 1.165) is 38.2 Å². The number of aromatic nitrogens is 1. The quantitative estimate of drug-likeness (QED) is 0.820. The number of hydrogen-bond donors (Lipinski definition) is 0.